The Morgan fingerprint density at radius 2 is 1.79 bits per heavy atom. The summed E-state index contributed by atoms with van der Waals surface area (Å²) in [5.41, 5.74) is -0.112. The monoisotopic (exact) mass is 227 g/mol. The van der Waals surface area contributed by atoms with Crippen molar-refractivity contribution in [1.82, 2.24) is 0 Å². The molecule has 0 radical (unpaired) electrons. The van der Waals surface area contributed by atoms with Gasteiger partial charge in [0.25, 0.3) is 0 Å². The van der Waals surface area contributed by atoms with Gasteiger partial charge in [0, 0.05) is 4.90 Å². The molecule has 0 N–H and O–H groups in total. The third-order valence-electron chi connectivity index (χ3n) is 1.37. The lowest BCUT2D eigenvalue weighted by atomic mass is 10.1. The average molecular weight is 228 g/mol. The van der Waals surface area contributed by atoms with Crippen molar-refractivity contribution < 1.29 is 0 Å². The second kappa shape index (κ2) is 4.85. The number of hydrogen-bond acceptors (Lipinski definition) is 2. The van der Waals surface area contributed by atoms with Crippen molar-refractivity contribution in [2.45, 2.75) is 31.2 Å². The molecule has 0 heterocycles. The van der Waals surface area contributed by atoms with Crippen molar-refractivity contribution in [3.8, 4) is 0 Å². The van der Waals surface area contributed by atoms with Gasteiger partial charge in [-0.2, -0.15) is 0 Å². The lowest BCUT2D eigenvalue weighted by molar-refractivity contribution is 0.587. The summed E-state index contributed by atoms with van der Waals surface area (Å²) in [7, 11) is 0. The fourth-order valence-electron chi connectivity index (χ4n) is 0.872. The van der Waals surface area contributed by atoms with E-state index in [0.717, 1.165) is 4.90 Å². The highest BCUT2D eigenvalue weighted by Gasteiger charge is 2.09. The predicted octanol–water partition coefficient (Wildman–Crippen LogP) is 4.17. The van der Waals surface area contributed by atoms with E-state index in [0.29, 0.717) is 4.50 Å². The van der Waals surface area contributed by atoms with Crippen molar-refractivity contribution in [2.75, 3.05) is 0 Å². The Balaban J connectivity index is 2.67. The molecule has 1 rings (SSSR count). The second-order valence-corrected chi connectivity index (χ2v) is 5.60. The summed E-state index contributed by atoms with van der Waals surface area (Å²) in [6, 6.07) is 10.0. The SMILES string of the molecule is CC(C)(C)N=C(Cl)Sc1ccccc1. The smallest absolute Gasteiger partial charge is 0.163 e. The van der Waals surface area contributed by atoms with Gasteiger partial charge in [-0.1, -0.05) is 41.6 Å². The molecule has 0 saturated carbocycles. The molecular weight excluding hydrogens is 214 g/mol. The van der Waals surface area contributed by atoms with Crippen LogP contribution < -0.4 is 0 Å². The quantitative estimate of drug-likeness (QED) is 0.399. The van der Waals surface area contributed by atoms with E-state index in [1.807, 2.05) is 51.1 Å². The van der Waals surface area contributed by atoms with E-state index in [1.54, 1.807) is 0 Å². The van der Waals surface area contributed by atoms with Gasteiger partial charge < -0.3 is 0 Å². The van der Waals surface area contributed by atoms with Gasteiger partial charge in [-0.3, -0.25) is 4.99 Å². The summed E-state index contributed by atoms with van der Waals surface area (Å²) in [5.74, 6) is 0. The molecule has 0 aliphatic carbocycles. The van der Waals surface area contributed by atoms with E-state index in [-0.39, 0.29) is 5.54 Å². The lowest BCUT2D eigenvalue weighted by Gasteiger charge is -2.12. The van der Waals surface area contributed by atoms with Crippen LogP contribution in [-0.4, -0.2) is 10.0 Å². The van der Waals surface area contributed by atoms with Crippen LogP contribution in [0.5, 0.6) is 0 Å². The highest BCUT2D eigenvalue weighted by molar-refractivity contribution is 8.16. The van der Waals surface area contributed by atoms with Crippen LogP contribution in [0.2, 0.25) is 0 Å². The topological polar surface area (TPSA) is 12.4 Å². The summed E-state index contributed by atoms with van der Waals surface area (Å²) in [6.45, 7) is 6.09. The molecule has 0 fully saturated rings. The minimum Gasteiger partial charge on any atom is -0.261 e. The molecule has 3 heteroatoms. The largest absolute Gasteiger partial charge is 0.261 e. The molecule has 1 aromatic carbocycles. The van der Waals surface area contributed by atoms with Gasteiger partial charge in [-0.15, -0.1) is 0 Å². The van der Waals surface area contributed by atoms with Crippen LogP contribution >= 0.6 is 23.4 Å². The van der Waals surface area contributed by atoms with E-state index in [4.69, 9.17) is 11.6 Å². The molecule has 0 aromatic heterocycles. The first-order valence-electron chi connectivity index (χ1n) is 4.46. The maximum absolute atomic E-state index is 6.01. The number of rotatable bonds is 1. The molecule has 0 atom stereocenters. The van der Waals surface area contributed by atoms with Gasteiger partial charge in [0.1, 0.15) is 0 Å². The first kappa shape index (κ1) is 11.6. The zero-order valence-electron chi connectivity index (χ0n) is 8.62. The first-order valence-corrected chi connectivity index (χ1v) is 5.65. The summed E-state index contributed by atoms with van der Waals surface area (Å²) in [6.07, 6.45) is 0. The summed E-state index contributed by atoms with van der Waals surface area (Å²) >= 11 is 7.50. The van der Waals surface area contributed by atoms with Crippen LogP contribution in [0.4, 0.5) is 0 Å². The third-order valence-corrected chi connectivity index (χ3v) is 2.45. The Hall–Kier alpha value is -0.470. The van der Waals surface area contributed by atoms with Crippen molar-refractivity contribution in [3.63, 3.8) is 0 Å². The fourth-order valence-corrected chi connectivity index (χ4v) is 2.20. The molecule has 1 nitrogen and oxygen atoms in total. The van der Waals surface area contributed by atoms with E-state index >= 15 is 0 Å². The molecule has 1 aromatic rings. The number of nitrogens with zero attached hydrogens (tertiary/aromatic N) is 1. The Morgan fingerprint density at radius 1 is 1.21 bits per heavy atom. The van der Waals surface area contributed by atoms with Gasteiger partial charge >= 0.3 is 0 Å². The summed E-state index contributed by atoms with van der Waals surface area (Å²) in [4.78, 5) is 5.47. The van der Waals surface area contributed by atoms with E-state index < -0.39 is 0 Å². The maximum atomic E-state index is 6.01. The van der Waals surface area contributed by atoms with Crippen LogP contribution in [-0.2, 0) is 0 Å². The number of halogens is 1. The fraction of sp³-hybridized carbons (Fsp3) is 0.364. The number of benzene rings is 1. The molecule has 0 aliphatic heterocycles. The maximum Gasteiger partial charge on any atom is 0.163 e. The van der Waals surface area contributed by atoms with Crippen molar-refractivity contribution >= 4 is 27.9 Å². The minimum atomic E-state index is -0.112. The van der Waals surface area contributed by atoms with Gasteiger partial charge in [0.2, 0.25) is 0 Å². The van der Waals surface area contributed by atoms with Crippen LogP contribution in [0.25, 0.3) is 0 Å². The molecule has 0 amide bonds. The van der Waals surface area contributed by atoms with Gasteiger partial charge in [-0.25, -0.2) is 0 Å². The zero-order valence-corrected chi connectivity index (χ0v) is 10.2. The molecule has 14 heavy (non-hydrogen) atoms. The van der Waals surface area contributed by atoms with Crippen LogP contribution in [0.3, 0.4) is 0 Å². The first-order chi connectivity index (χ1) is 6.47. The van der Waals surface area contributed by atoms with Crippen molar-refractivity contribution in [1.29, 1.82) is 0 Å². The molecule has 0 saturated heterocycles. The Labute approximate surface area is 94.6 Å². The number of aliphatic imine (C=N–C) groups is 1. The zero-order chi connectivity index (χ0) is 10.6. The van der Waals surface area contributed by atoms with Crippen molar-refractivity contribution in [3.05, 3.63) is 30.3 Å². The molecule has 0 aliphatic rings. The van der Waals surface area contributed by atoms with Crippen LogP contribution in [0, 0.1) is 0 Å². The summed E-state index contributed by atoms with van der Waals surface area (Å²) in [5, 5.41) is 0. The molecule has 76 valence electrons. The Kier molecular flexibility index (Phi) is 4.02. The van der Waals surface area contributed by atoms with E-state index in [2.05, 4.69) is 4.99 Å². The standard InChI is InChI=1S/C11H14ClNS/c1-11(2,3)13-10(12)14-9-7-5-4-6-8-9/h4-8H,1-3H3. The van der Waals surface area contributed by atoms with Gasteiger partial charge in [0.15, 0.2) is 4.50 Å². The molecular formula is C11H14ClNS. The predicted molar refractivity (Wildman–Crippen MR) is 65.3 cm³/mol. The second-order valence-electron chi connectivity index (χ2n) is 3.95. The number of thioether (sulfide) groups is 1. The lowest BCUT2D eigenvalue weighted by Crippen LogP contribution is -2.10. The van der Waals surface area contributed by atoms with E-state index in [9.17, 15) is 0 Å². The molecule has 0 spiro atoms. The highest BCUT2D eigenvalue weighted by Crippen LogP contribution is 2.23. The Bertz CT molecular complexity index is 314. The number of hydrogen-bond donors (Lipinski definition) is 0. The summed E-state index contributed by atoms with van der Waals surface area (Å²) < 4.78 is 0.587. The van der Waals surface area contributed by atoms with E-state index in [1.165, 1.54) is 11.8 Å². The highest BCUT2D eigenvalue weighted by atomic mass is 35.5. The van der Waals surface area contributed by atoms with Crippen molar-refractivity contribution in [2.24, 2.45) is 4.99 Å². The van der Waals surface area contributed by atoms with Crippen LogP contribution in [0.15, 0.2) is 40.2 Å². The normalized spacial score (nSPS) is 13.0. The Morgan fingerprint density at radius 3 is 2.29 bits per heavy atom. The average Bonchev–Trinajstić information content (AvgIpc) is 2.02. The van der Waals surface area contributed by atoms with Gasteiger partial charge in [-0.05, 0) is 32.9 Å². The minimum absolute atomic E-state index is 0.112. The molecule has 0 bridgehead atoms. The van der Waals surface area contributed by atoms with Gasteiger partial charge in [0.05, 0.1) is 5.54 Å². The third kappa shape index (κ3) is 4.68. The van der Waals surface area contributed by atoms with Crippen LogP contribution in [0.1, 0.15) is 20.8 Å². The molecule has 0 unspecified atom stereocenters.